The number of rotatable bonds is 5. The molecular weight excluding hydrogens is 347 g/mol. The van der Waals surface area contributed by atoms with E-state index in [9.17, 15) is 4.79 Å². The van der Waals surface area contributed by atoms with Gasteiger partial charge in [0.1, 0.15) is 5.75 Å². The molecule has 0 spiro atoms. The minimum atomic E-state index is -0.371. The Bertz CT molecular complexity index is 789. The molecule has 2 aromatic rings. The fourth-order valence-corrected chi connectivity index (χ4v) is 2.41. The van der Waals surface area contributed by atoms with Crippen molar-refractivity contribution in [3.05, 3.63) is 63.1 Å². The number of halogens is 2. The zero-order valence-electron chi connectivity index (χ0n) is 13.7. The summed E-state index contributed by atoms with van der Waals surface area (Å²) in [4.78, 5) is 11.8. The van der Waals surface area contributed by atoms with Gasteiger partial charge in [-0.3, -0.25) is 4.79 Å². The molecule has 0 aliphatic rings. The van der Waals surface area contributed by atoms with Gasteiger partial charge in [0.15, 0.2) is 6.61 Å². The van der Waals surface area contributed by atoms with E-state index in [1.54, 1.807) is 18.2 Å². The molecule has 24 heavy (non-hydrogen) atoms. The van der Waals surface area contributed by atoms with Crippen LogP contribution >= 0.6 is 23.2 Å². The lowest BCUT2D eigenvalue weighted by molar-refractivity contribution is -0.123. The summed E-state index contributed by atoms with van der Waals surface area (Å²) in [5.74, 6) is 0.0234. The van der Waals surface area contributed by atoms with Gasteiger partial charge in [-0.2, -0.15) is 5.10 Å². The molecule has 0 aliphatic carbocycles. The summed E-state index contributed by atoms with van der Waals surface area (Å²) in [6.45, 7) is 5.73. The molecule has 0 fully saturated rings. The predicted molar refractivity (Wildman–Crippen MR) is 98.2 cm³/mol. The highest BCUT2D eigenvalue weighted by Crippen LogP contribution is 2.27. The number of hydrogen-bond acceptors (Lipinski definition) is 3. The average Bonchev–Trinajstić information content (AvgIpc) is 2.54. The normalized spacial score (nSPS) is 11.3. The van der Waals surface area contributed by atoms with Crippen LogP contribution in [0.1, 0.15) is 23.6 Å². The first-order valence-electron chi connectivity index (χ1n) is 7.35. The van der Waals surface area contributed by atoms with Crippen LogP contribution in [-0.4, -0.2) is 18.2 Å². The summed E-state index contributed by atoms with van der Waals surface area (Å²) in [5.41, 5.74) is 6.53. The van der Waals surface area contributed by atoms with Crippen LogP contribution in [0.5, 0.6) is 5.75 Å². The second-order valence-electron chi connectivity index (χ2n) is 5.39. The number of hydrazone groups is 1. The van der Waals surface area contributed by atoms with Crippen molar-refractivity contribution in [2.75, 3.05) is 6.61 Å². The third-order valence-electron chi connectivity index (χ3n) is 3.53. The maximum atomic E-state index is 11.8. The molecule has 0 unspecified atom stereocenters. The highest BCUT2D eigenvalue weighted by molar-refractivity contribution is 6.35. The molecule has 0 aromatic heterocycles. The average molecular weight is 365 g/mol. The zero-order chi connectivity index (χ0) is 17.7. The molecule has 6 heteroatoms. The largest absolute Gasteiger partial charge is 0.482 e. The number of nitrogens with one attached hydrogen (secondary N) is 1. The van der Waals surface area contributed by atoms with Crippen molar-refractivity contribution in [1.82, 2.24) is 5.43 Å². The third-order valence-corrected chi connectivity index (χ3v) is 4.06. The predicted octanol–water partition coefficient (Wildman–Crippen LogP) is 4.53. The van der Waals surface area contributed by atoms with E-state index < -0.39 is 0 Å². The van der Waals surface area contributed by atoms with E-state index in [4.69, 9.17) is 27.9 Å². The van der Waals surface area contributed by atoms with Crippen LogP contribution < -0.4 is 10.2 Å². The number of benzene rings is 2. The summed E-state index contributed by atoms with van der Waals surface area (Å²) in [7, 11) is 0. The van der Waals surface area contributed by atoms with Crippen molar-refractivity contribution in [3.8, 4) is 5.75 Å². The monoisotopic (exact) mass is 364 g/mol. The Kier molecular flexibility index (Phi) is 6.23. The van der Waals surface area contributed by atoms with Crippen molar-refractivity contribution in [3.63, 3.8) is 0 Å². The van der Waals surface area contributed by atoms with Gasteiger partial charge in [-0.1, -0.05) is 35.3 Å². The topological polar surface area (TPSA) is 50.7 Å². The molecule has 126 valence electrons. The number of hydrogen-bond donors (Lipinski definition) is 1. The Labute approximate surface area is 151 Å². The lowest BCUT2D eigenvalue weighted by atomic mass is 10.0. The second-order valence-corrected chi connectivity index (χ2v) is 6.24. The fourth-order valence-electron chi connectivity index (χ4n) is 1.95. The van der Waals surface area contributed by atoms with Crippen molar-refractivity contribution in [2.24, 2.45) is 5.10 Å². The van der Waals surface area contributed by atoms with Crippen molar-refractivity contribution < 1.29 is 9.53 Å². The van der Waals surface area contributed by atoms with Crippen molar-refractivity contribution in [2.45, 2.75) is 20.8 Å². The number of carbonyl (C=O) groups excluding carboxylic acids is 1. The Balaban J connectivity index is 1.93. The highest BCUT2D eigenvalue weighted by Gasteiger charge is 2.07. The molecule has 0 saturated heterocycles. The van der Waals surface area contributed by atoms with Gasteiger partial charge < -0.3 is 4.74 Å². The molecule has 0 atom stereocenters. The van der Waals surface area contributed by atoms with Crippen LogP contribution in [0, 0.1) is 13.8 Å². The first-order chi connectivity index (χ1) is 11.4. The van der Waals surface area contributed by atoms with Gasteiger partial charge in [0.05, 0.1) is 10.7 Å². The van der Waals surface area contributed by atoms with Crippen LogP contribution in [0.4, 0.5) is 0 Å². The molecule has 0 saturated carbocycles. The summed E-state index contributed by atoms with van der Waals surface area (Å²) in [5, 5.41) is 4.95. The Hall–Kier alpha value is -2.04. The number of aryl methyl sites for hydroxylation is 2. The Morgan fingerprint density at radius 1 is 1.12 bits per heavy atom. The molecule has 2 rings (SSSR count). The third kappa shape index (κ3) is 4.98. The Morgan fingerprint density at radius 2 is 1.88 bits per heavy atom. The lowest BCUT2D eigenvalue weighted by Gasteiger charge is -2.08. The van der Waals surface area contributed by atoms with E-state index in [0.29, 0.717) is 15.8 Å². The fraction of sp³-hybridized carbons (Fsp3) is 0.222. The standard InChI is InChI=1S/C18H18Cl2N2O2/c1-11-4-5-14(8-12(11)2)13(3)21-22-18(23)10-24-17-7-6-15(19)9-16(17)20/h4-9H,10H2,1-3H3,(H,22,23)/b21-13+. The van der Waals surface area contributed by atoms with E-state index in [1.807, 2.05) is 39.0 Å². The smallest absolute Gasteiger partial charge is 0.277 e. The maximum Gasteiger partial charge on any atom is 0.277 e. The molecule has 0 radical (unpaired) electrons. The summed E-state index contributed by atoms with van der Waals surface area (Å²) >= 11 is 11.8. The van der Waals surface area contributed by atoms with Crippen LogP contribution in [0.3, 0.4) is 0 Å². The molecule has 0 bridgehead atoms. The first kappa shape index (κ1) is 18.3. The van der Waals surface area contributed by atoms with Crippen LogP contribution in [-0.2, 0) is 4.79 Å². The van der Waals surface area contributed by atoms with Crippen LogP contribution in [0.2, 0.25) is 10.0 Å². The molecule has 0 aliphatic heterocycles. The number of ether oxygens (including phenoxy) is 1. The van der Waals surface area contributed by atoms with Crippen LogP contribution in [0.15, 0.2) is 41.5 Å². The van der Waals surface area contributed by atoms with Gasteiger partial charge in [-0.15, -0.1) is 0 Å². The quantitative estimate of drug-likeness (QED) is 0.625. The second kappa shape index (κ2) is 8.18. The van der Waals surface area contributed by atoms with E-state index in [-0.39, 0.29) is 12.5 Å². The molecule has 1 amide bonds. The molecule has 2 aromatic carbocycles. The van der Waals surface area contributed by atoms with Gasteiger partial charge in [0.25, 0.3) is 5.91 Å². The van der Waals surface area contributed by atoms with Gasteiger partial charge in [0, 0.05) is 5.02 Å². The molecule has 4 nitrogen and oxygen atoms in total. The van der Waals surface area contributed by atoms with Crippen LogP contribution in [0.25, 0.3) is 0 Å². The van der Waals surface area contributed by atoms with Crippen molar-refractivity contribution >= 4 is 34.8 Å². The number of nitrogens with zero attached hydrogens (tertiary/aromatic N) is 1. The first-order valence-corrected chi connectivity index (χ1v) is 8.11. The minimum absolute atomic E-state index is 0.189. The zero-order valence-corrected chi connectivity index (χ0v) is 15.2. The number of carbonyl (C=O) groups is 1. The van der Waals surface area contributed by atoms with Gasteiger partial charge in [-0.05, 0) is 61.7 Å². The minimum Gasteiger partial charge on any atom is -0.482 e. The van der Waals surface area contributed by atoms with E-state index >= 15 is 0 Å². The highest BCUT2D eigenvalue weighted by atomic mass is 35.5. The van der Waals surface area contributed by atoms with Crippen molar-refractivity contribution in [1.29, 1.82) is 0 Å². The summed E-state index contributed by atoms with van der Waals surface area (Å²) in [6.07, 6.45) is 0. The lowest BCUT2D eigenvalue weighted by Crippen LogP contribution is -2.25. The summed E-state index contributed by atoms with van der Waals surface area (Å²) < 4.78 is 5.35. The van der Waals surface area contributed by atoms with E-state index in [1.165, 1.54) is 11.1 Å². The SMILES string of the molecule is C/C(=N\NC(=O)COc1ccc(Cl)cc1Cl)c1ccc(C)c(C)c1. The van der Waals surface area contributed by atoms with E-state index in [0.717, 1.165) is 11.3 Å². The maximum absolute atomic E-state index is 11.8. The van der Waals surface area contributed by atoms with Gasteiger partial charge >= 0.3 is 0 Å². The molecular formula is C18H18Cl2N2O2. The summed E-state index contributed by atoms with van der Waals surface area (Å²) in [6, 6.07) is 10.8. The molecule has 1 N–H and O–H groups in total. The Morgan fingerprint density at radius 3 is 2.54 bits per heavy atom. The van der Waals surface area contributed by atoms with Gasteiger partial charge in [0.2, 0.25) is 0 Å². The number of amides is 1. The van der Waals surface area contributed by atoms with Gasteiger partial charge in [-0.25, -0.2) is 5.43 Å². The molecule has 0 heterocycles. The van der Waals surface area contributed by atoms with E-state index in [2.05, 4.69) is 10.5 Å².